The lowest BCUT2D eigenvalue weighted by molar-refractivity contribution is -0.0697. The van der Waals surface area contributed by atoms with E-state index in [0.29, 0.717) is 15.8 Å². The molecule has 5 atom stereocenters. The standard InChI is InChI=1S/C26H22N3O10PS/c27-20-8-9-29(26(33)28-20)23-21(30)22(39-40(34)35)19(37-23)13-36-12-14-6-7-18-15(10-14)11-17(24(31)38-18)25(32)41-16-4-2-1-3-5-16/h1-11,19,21-23,30H,12-13H2,(H2-,27,28,33,34,35)/p+1/t19-,21-,22-,23-/m1/s1. The molecule has 41 heavy (non-hydrogen) atoms. The second-order valence-electron chi connectivity index (χ2n) is 8.94. The molecule has 0 amide bonds. The van der Waals surface area contributed by atoms with E-state index in [1.807, 2.05) is 6.07 Å². The van der Waals surface area contributed by atoms with Crippen molar-refractivity contribution >= 4 is 41.9 Å². The van der Waals surface area contributed by atoms with Gasteiger partial charge in [-0.1, -0.05) is 24.3 Å². The number of nitrogens with two attached hydrogens (primary N) is 1. The van der Waals surface area contributed by atoms with E-state index < -0.39 is 49.2 Å². The van der Waals surface area contributed by atoms with Crippen LogP contribution >= 0.6 is 20.0 Å². The Morgan fingerprint density at radius 1 is 1.15 bits per heavy atom. The number of rotatable bonds is 9. The molecule has 0 spiro atoms. The molecule has 1 aliphatic heterocycles. The first kappa shape index (κ1) is 28.8. The number of benzene rings is 2. The quantitative estimate of drug-likeness (QED) is 0.144. The van der Waals surface area contributed by atoms with Gasteiger partial charge in [-0.2, -0.15) is 4.98 Å². The summed E-state index contributed by atoms with van der Waals surface area (Å²) in [4.78, 5) is 51.0. The van der Waals surface area contributed by atoms with Crippen molar-refractivity contribution in [3.63, 3.8) is 0 Å². The molecule has 1 fully saturated rings. The summed E-state index contributed by atoms with van der Waals surface area (Å²) >= 11 is 0.916. The molecule has 13 nitrogen and oxygen atoms in total. The number of carbonyl (C=O) groups is 1. The maximum atomic E-state index is 12.7. The molecular formula is C26H23N3O10PS+. The largest absolute Gasteiger partial charge is 0.695 e. The number of aliphatic hydroxyl groups is 1. The highest BCUT2D eigenvalue weighted by atomic mass is 32.2. The Balaban J connectivity index is 1.29. The number of ether oxygens (including phenoxy) is 2. The number of fused-ring (bicyclic) bond motifs is 1. The first-order valence-corrected chi connectivity index (χ1v) is 14.1. The number of carbonyl (C=O) groups excluding carboxylic acids is 1. The highest BCUT2D eigenvalue weighted by Gasteiger charge is 2.50. The van der Waals surface area contributed by atoms with E-state index in [1.54, 1.807) is 42.5 Å². The highest BCUT2D eigenvalue weighted by molar-refractivity contribution is 8.14. The minimum atomic E-state index is -3.11. The van der Waals surface area contributed by atoms with Gasteiger partial charge in [0, 0.05) is 21.0 Å². The molecular weight excluding hydrogens is 577 g/mol. The molecule has 1 unspecified atom stereocenters. The lowest BCUT2D eigenvalue weighted by Gasteiger charge is -2.16. The van der Waals surface area contributed by atoms with Crippen molar-refractivity contribution in [3.8, 4) is 0 Å². The van der Waals surface area contributed by atoms with Crippen molar-refractivity contribution < 1.29 is 37.8 Å². The molecule has 0 aliphatic carbocycles. The van der Waals surface area contributed by atoms with E-state index >= 15 is 0 Å². The van der Waals surface area contributed by atoms with Crippen LogP contribution in [0.1, 0.15) is 22.1 Å². The lowest BCUT2D eigenvalue weighted by atomic mass is 10.1. The third-order valence-electron chi connectivity index (χ3n) is 6.17. The SMILES string of the molecule is Nc1ccn([C@@H]2O[C@H](COCc3ccc4oc(=O)c(C(=O)Sc5ccccc5)cc4c3)[C@@H](O[P+](=O)O)[C@H]2O)c(=O)n1. The number of nitrogens with zero attached hydrogens (tertiary/aromatic N) is 2. The van der Waals surface area contributed by atoms with Crippen molar-refractivity contribution in [2.24, 2.45) is 0 Å². The number of thioether (sulfide) groups is 1. The number of anilines is 1. The summed E-state index contributed by atoms with van der Waals surface area (Å²) in [6, 6.07) is 16.6. The molecule has 15 heteroatoms. The zero-order valence-electron chi connectivity index (χ0n) is 21.1. The molecule has 5 rings (SSSR count). The van der Waals surface area contributed by atoms with Gasteiger partial charge in [-0.3, -0.25) is 9.36 Å². The third-order valence-corrected chi connectivity index (χ3v) is 7.51. The first-order valence-electron chi connectivity index (χ1n) is 12.1. The second kappa shape index (κ2) is 12.4. The molecule has 1 aliphatic rings. The average Bonchev–Trinajstić information content (AvgIpc) is 3.23. The maximum absolute atomic E-state index is 12.7. The minimum absolute atomic E-state index is 0.0223. The van der Waals surface area contributed by atoms with Crippen LogP contribution in [-0.2, 0) is 25.2 Å². The molecule has 0 bridgehead atoms. The highest BCUT2D eigenvalue weighted by Crippen LogP contribution is 2.35. The first-order chi connectivity index (χ1) is 19.7. The lowest BCUT2D eigenvalue weighted by Crippen LogP contribution is -2.37. The van der Waals surface area contributed by atoms with E-state index in [2.05, 4.69) is 4.98 Å². The van der Waals surface area contributed by atoms with Crippen LogP contribution < -0.4 is 17.0 Å². The third kappa shape index (κ3) is 6.60. The summed E-state index contributed by atoms with van der Waals surface area (Å²) < 4.78 is 34.2. The molecule has 212 valence electrons. The Bertz CT molecular complexity index is 1710. The van der Waals surface area contributed by atoms with Crippen molar-refractivity contribution in [1.29, 1.82) is 0 Å². The molecule has 2 aromatic carbocycles. The van der Waals surface area contributed by atoms with Crippen LogP contribution in [0.2, 0.25) is 0 Å². The number of hydrogen-bond acceptors (Lipinski definition) is 12. The fourth-order valence-electron chi connectivity index (χ4n) is 4.29. The Morgan fingerprint density at radius 3 is 2.66 bits per heavy atom. The summed E-state index contributed by atoms with van der Waals surface area (Å²) in [7, 11) is -3.11. The topological polar surface area (TPSA) is 193 Å². The van der Waals surface area contributed by atoms with E-state index in [-0.39, 0.29) is 30.2 Å². The normalized spacial score (nSPS) is 20.8. The van der Waals surface area contributed by atoms with Gasteiger partial charge in [0.15, 0.2) is 12.3 Å². The summed E-state index contributed by atoms with van der Waals surface area (Å²) in [5, 5.41) is 10.8. The summed E-state index contributed by atoms with van der Waals surface area (Å²) in [6.07, 6.45) is -3.80. The Kier molecular flexibility index (Phi) is 8.71. The number of aliphatic hydroxyl groups excluding tert-OH is 1. The molecule has 0 saturated carbocycles. The van der Waals surface area contributed by atoms with Gasteiger partial charge < -0.3 is 24.7 Å². The molecule has 4 aromatic rings. The molecule has 4 N–H and O–H groups in total. The maximum Gasteiger partial charge on any atom is 0.695 e. The minimum Gasteiger partial charge on any atom is -0.422 e. The number of hydrogen-bond donors (Lipinski definition) is 3. The second-order valence-corrected chi connectivity index (χ2v) is 10.7. The van der Waals surface area contributed by atoms with Gasteiger partial charge in [-0.05, 0) is 53.7 Å². The van der Waals surface area contributed by atoms with E-state index in [1.165, 1.54) is 18.3 Å². The molecule has 2 aromatic heterocycles. The average molecular weight is 601 g/mol. The smallest absolute Gasteiger partial charge is 0.422 e. The van der Waals surface area contributed by atoms with Crippen molar-refractivity contribution in [3.05, 3.63) is 98.9 Å². The van der Waals surface area contributed by atoms with Crippen LogP contribution in [-0.4, -0.2) is 49.6 Å². The van der Waals surface area contributed by atoms with E-state index in [4.69, 9.17) is 24.1 Å². The van der Waals surface area contributed by atoms with Gasteiger partial charge in [0.25, 0.3) is 0 Å². The molecule has 1 saturated heterocycles. The number of aromatic nitrogens is 2. The monoisotopic (exact) mass is 600 g/mol. The Morgan fingerprint density at radius 2 is 1.93 bits per heavy atom. The van der Waals surface area contributed by atoms with Gasteiger partial charge >= 0.3 is 19.6 Å². The fraction of sp³-hybridized carbons (Fsp3) is 0.231. The molecule has 3 heterocycles. The van der Waals surface area contributed by atoms with Crippen LogP contribution in [0.3, 0.4) is 0 Å². The van der Waals surface area contributed by atoms with Crippen molar-refractivity contribution in [2.45, 2.75) is 36.0 Å². The van der Waals surface area contributed by atoms with Gasteiger partial charge in [-0.15, -0.1) is 9.42 Å². The zero-order valence-corrected chi connectivity index (χ0v) is 22.8. The van der Waals surface area contributed by atoms with Crippen LogP contribution in [0.15, 0.2) is 85.8 Å². The van der Waals surface area contributed by atoms with Crippen LogP contribution in [0.4, 0.5) is 5.82 Å². The summed E-state index contributed by atoms with van der Waals surface area (Å²) in [5.74, 6) is -0.0223. The van der Waals surface area contributed by atoms with Gasteiger partial charge in [-0.25, -0.2) is 9.59 Å². The van der Waals surface area contributed by atoms with Gasteiger partial charge in [0.2, 0.25) is 5.12 Å². The molecule has 0 radical (unpaired) electrons. The Hall–Kier alpha value is -3.75. The zero-order chi connectivity index (χ0) is 29.1. The Labute approximate surface area is 236 Å². The fourth-order valence-corrected chi connectivity index (χ4v) is 5.51. The number of nitrogen functional groups attached to an aromatic ring is 1. The van der Waals surface area contributed by atoms with Gasteiger partial charge in [0.1, 0.15) is 29.2 Å². The van der Waals surface area contributed by atoms with Crippen molar-refractivity contribution in [2.75, 3.05) is 12.3 Å². The van der Waals surface area contributed by atoms with Crippen LogP contribution in [0, 0.1) is 0 Å². The predicted molar refractivity (Wildman–Crippen MR) is 146 cm³/mol. The predicted octanol–water partition coefficient (Wildman–Crippen LogP) is 2.37. The van der Waals surface area contributed by atoms with Crippen LogP contribution in [0.25, 0.3) is 11.0 Å². The summed E-state index contributed by atoms with van der Waals surface area (Å²) in [5.41, 5.74) is 4.82. The van der Waals surface area contributed by atoms with Crippen LogP contribution in [0.5, 0.6) is 0 Å². The van der Waals surface area contributed by atoms with Gasteiger partial charge in [0.05, 0.1) is 13.2 Å². The van der Waals surface area contributed by atoms with E-state index in [9.17, 15) is 28.9 Å². The summed E-state index contributed by atoms with van der Waals surface area (Å²) in [6.45, 7) is -0.156. The van der Waals surface area contributed by atoms with Crippen molar-refractivity contribution in [1.82, 2.24) is 9.55 Å². The van der Waals surface area contributed by atoms with E-state index in [0.717, 1.165) is 16.3 Å².